The van der Waals surface area contributed by atoms with Crippen LogP contribution in [0.25, 0.3) is 0 Å². The summed E-state index contributed by atoms with van der Waals surface area (Å²) in [6.07, 6.45) is 6.30. The van der Waals surface area contributed by atoms with Gasteiger partial charge in [-0.15, -0.1) is 0 Å². The number of amides is 2. The number of piperidine rings is 1. The van der Waals surface area contributed by atoms with Gasteiger partial charge in [0.25, 0.3) is 0 Å². The van der Waals surface area contributed by atoms with Crippen molar-refractivity contribution in [2.24, 2.45) is 5.92 Å². The molecule has 2 unspecified atom stereocenters. The number of aromatic amines is 1. The standard InChI is InChI=1S/C13H20N4O/c18-13-16-12(11-3-5-15-7-11)9-17(13)8-10-2-1-4-14-6-10/h3,5,7,10,12,14-15H,1-2,4,6,8-9H2,(H,16,18). The monoisotopic (exact) mass is 248 g/mol. The van der Waals surface area contributed by atoms with Crippen molar-refractivity contribution in [1.29, 1.82) is 0 Å². The molecule has 98 valence electrons. The van der Waals surface area contributed by atoms with E-state index in [1.165, 1.54) is 12.8 Å². The molecular formula is C13H20N4O. The molecule has 1 aromatic heterocycles. The first-order chi connectivity index (χ1) is 8.83. The van der Waals surface area contributed by atoms with E-state index in [1.807, 2.05) is 23.4 Å². The van der Waals surface area contributed by atoms with Gasteiger partial charge in [0.1, 0.15) is 0 Å². The van der Waals surface area contributed by atoms with Crippen LogP contribution in [-0.2, 0) is 0 Å². The minimum absolute atomic E-state index is 0.0757. The van der Waals surface area contributed by atoms with Gasteiger partial charge in [-0.25, -0.2) is 4.79 Å². The molecule has 0 saturated carbocycles. The third-order valence-electron chi connectivity index (χ3n) is 3.89. The molecule has 0 aromatic carbocycles. The highest BCUT2D eigenvalue weighted by atomic mass is 16.2. The molecule has 5 nitrogen and oxygen atoms in total. The minimum atomic E-state index is 0.0757. The van der Waals surface area contributed by atoms with E-state index < -0.39 is 0 Å². The molecule has 0 aliphatic carbocycles. The van der Waals surface area contributed by atoms with Gasteiger partial charge in [-0.2, -0.15) is 0 Å². The number of hydrogen-bond acceptors (Lipinski definition) is 2. The summed E-state index contributed by atoms with van der Waals surface area (Å²) in [6, 6.07) is 2.24. The van der Waals surface area contributed by atoms with Crippen LogP contribution >= 0.6 is 0 Å². The average molecular weight is 248 g/mol. The van der Waals surface area contributed by atoms with Crippen LogP contribution in [-0.4, -0.2) is 42.1 Å². The van der Waals surface area contributed by atoms with Crippen molar-refractivity contribution in [1.82, 2.24) is 20.5 Å². The largest absolute Gasteiger partial charge is 0.367 e. The second-order valence-electron chi connectivity index (χ2n) is 5.26. The first-order valence-electron chi connectivity index (χ1n) is 6.72. The smallest absolute Gasteiger partial charge is 0.318 e. The van der Waals surface area contributed by atoms with Crippen molar-refractivity contribution in [3.63, 3.8) is 0 Å². The maximum absolute atomic E-state index is 11.9. The quantitative estimate of drug-likeness (QED) is 0.749. The molecule has 2 atom stereocenters. The van der Waals surface area contributed by atoms with E-state index >= 15 is 0 Å². The molecule has 18 heavy (non-hydrogen) atoms. The number of nitrogens with one attached hydrogen (secondary N) is 3. The minimum Gasteiger partial charge on any atom is -0.367 e. The summed E-state index contributed by atoms with van der Waals surface area (Å²) >= 11 is 0. The summed E-state index contributed by atoms with van der Waals surface area (Å²) in [4.78, 5) is 16.9. The fourth-order valence-electron chi connectivity index (χ4n) is 2.88. The number of hydrogen-bond donors (Lipinski definition) is 3. The Morgan fingerprint density at radius 2 is 2.39 bits per heavy atom. The Morgan fingerprint density at radius 3 is 3.11 bits per heavy atom. The number of rotatable bonds is 3. The Labute approximate surface area is 107 Å². The average Bonchev–Trinajstić information content (AvgIpc) is 3.01. The summed E-state index contributed by atoms with van der Waals surface area (Å²) in [5, 5.41) is 6.44. The molecule has 3 rings (SSSR count). The third-order valence-corrected chi connectivity index (χ3v) is 3.89. The number of urea groups is 1. The molecule has 2 saturated heterocycles. The Morgan fingerprint density at radius 1 is 1.44 bits per heavy atom. The first kappa shape index (κ1) is 11.6. The van der Waals surface area contributed by atoms with Gasteiger partial charge in [-0.1, -0.05) is 0 Å². The molecule has 0 spiro atoms. The zero-order chi connectivity index (χ0) is 12.4. The van der Waals surface area contributed by atoms with Gasteiger partial charge in [-0.3, -0.25) is 0 Å². The number of carbonyl (C=O) groups excluding carboxylic acids is 1. The van der Waals surface area contributed by atoms with Crippen molar-refractivity contribution >= 4 is 6.03 Å². The SMILES string of the molecule is O=C1NC(c2cc[nH]c2)CN1CC1CCCNC1. The highest BCUT2D eigenvalue weighted by Crippen LogP contribution is 2.22. The van der Waals surface area contributed by atoms with E-state index in [1.54, 1.807) is 0 Å². The van der Waals surface area contributed by atoms with Crippen molar-refractivity contribution in [3.05, 3.63) is 24.0 Å². The lowest BCUT2D eigenvalue weighted by atomic mass is 9.99. The maximum atomic E-state index is 11.9. The molecule has 2 aliphatic heterocycles. The van der Waals surface area contributed by atoms with Crippen LogP contribution in [0.1, 0.15) is 24.4 Å². The van der Waals surface area contributed by atoms with E-state index in [0.717, 1.165) is 31.7 Å². The van der Waals surface area contributed by atoms with Crippen LogP contribution in [0.5, 0.6) is 0 Å². The van der Waals surface area contributed by atoms with Gasteiger partial charge in [0.05, 0.1) is 6.04 Å². The van der Waals surface area contributed by atoms with Gasteiger partial charge >= 0.3 is 6.03 Å². The first-order valence-corrected chi connectivity index (χ1v) is 6.72. The van der Waals surface area contributed by atoms with Crippen LogP contribution in [0.4, 0.5) is 4.79 Å². The molecular weight excluding hydrogens is 228 g/mol. The number of carbonyl (C=O) groups is 1. The summed E-state index contributed by atoms with van der Waals surface area (Å²) in [6.45, 7) is 3.82. The summed E-state index contributed by atoms with van der Waals surface area (Å²) in [7, 11) is 0. The highest BCUT2D eigenvalue weighted by Gasteiger charge is 2.31. The van der Waals surface area contributed by atoms with Crippen LogP contribution < -0.4 is 10.6 Å². The van der Waals surface area contributed by atoms with E-state index in [4.69, 9.17) is 0 Å². The fourth-order valence-corrected chi connectivity index (χ4v) is 2.88. The molecule has 2 fully saturated rings. The van der Waals surface area contributed by atoms with Crippen molar-refractivity contribution in [2.75, 3.05) is 26.2 Å². The van der Waals surface area contributed by atoms with Gasteiger partial charge in [-0.05, 0) is 43.5 Å². The third kappa shape index (κ3) is 2.36. The number of nitrogens with zero attached hydrogens (tertiary/aromatic N) is 1. The lowest BCUT2D eigenvalue weighted by molar-refractivity contribution is 0.202. The van der Waals surface area contributed by atoms with Crippen molar-refractivity contribution < 1.29 is 4.79 Å². The topological polar surface area (TPSA) is 60.2 Å². The lowest BCUT2D eigenvalue weighted by Crippen LogP contribution is -2.39. The molecule has 2 amide bonds. The van der Waals surface area contributed by atoms with Gasteiger partial charge in [0.15, 0.2) is 0 Å². The normalized spacial score (nSPS) is 28.4. The molecule has 2 aliphatic rings. The molecule has 5 heteroatoms. The Balaban J connectivity index is 1.58. The molecule has 1 aromatic rings. The second-order valence-corrected chi connectivity index (χ2v) is 5.26. The van der Waals surface area contributed by atoms with Gasteiger partial charge < -0.3 is 20.5 Å². The zero-order valence-corrected chi connectivity index (χ0v) is 10.5. The predicted octanol–water partition coefficient (Wildman–Crippen LogP) is 1.08. The van der Waals surface area contributed by atoms with Gasteiger partial charge in [0, 0.05) is 25.5 Å². The molecule has 3 N–H and O–H groups in total. The van der Waals surface area contributed by atoms with E-state index in [2.05, 4.69) is 15.6 Å². The predicted molar refractivity (Wildman–Crippen MR) is 69.2 cm³/mol. The van der Waals surface area contributed by atoms with Crippen LogP contribution in [0.15, 0.2) is 18.5 Å². The highest BCUT2D eigenvalue weighted by molar-refractivity contribution is 5.77. The van der Waals surface area contributed by atoms with Crippen LogP contribution in [0.3, 0.4) is 0 Å². The number of H-pyrrole nitrogens is 1. The van der Waals surface area contributed by atoms with Crippen molar-refractivity contribution in [3.8, 4) is 0 Å². The van der Waals surface area contributed by atoms with Crippen molar-refractivity contribution in [2.45, 2.75) is 18.9 Å². The second kappa shape index (κ2) is 5.02. The van der Waals surface area contributed by atoms with E-state index in [0.29, 0.717) is 5.92 Å². The van der Waals surface area contributed by atoms with Crippen LogP contribution in [0, 0.1) is 5.92 Å². The molecule has 3 heterocycles. The van der Waals surface area contributed by atoms with E-state index in [-0.39, 0.29) is 12.1 Å². The summed E-state index contributed by atoms with van der Waals surface area (Å²) in [5.41, 5.74) is 1.16. The fraction of sp³-hybridized carbons (Fsp3) is 0.615. The van der Waals surface area contributed by atoms with Crippen LogP contribution in [0.2, 0.25) is 0 Å². The van der Waals surface area contributed by atoms with Gasteiger partial charge in [0.2, 0.25) is 0 Å². The Kier molecular flexibility index (Phi) is 3.23. The molecule has 0 bridgehead atoms. The maximum Gasteiger partial charge on any atom is 0.318 e. The van der Waals surface area contributed by atoms with E-state index in [9.17, 15) is 4.79 Å². The lowest BCUT2D eigenvalue weighted by Gasteiger charge is -2.26. The Hall–Kier alpha value is -1.49. The Bertz CT molecular complexity index is 397. The summed E-state index contributed by atoms with van der Waals surface area (Å²) < 4.78 is 0. The molecule has 0 radical (unpaired) electrons. The summed E-state index contributed by atoms with van der Waals surface area (Å²) in [5.74, 6) is 0.606. The number of aromatic nitrogens is 1. The zero-order valence-electron chi connectivity index (χ0n) is 10.5.